The lowest BCUT2D eigenvalue weighted by Gasteiger charge is -2.21. The molecule has 0 heterocycles. The van der Waals surface area contributed by atoms with Crippen LogP contribution in [0.4, 0.5) is 4.39 Å². The van der Waals surface area contributed by atoms with Gasteiger partial charge >= 0.3 is 0 Å². The largest absolute Gasteiger partial charge is 0.310 e. The Bertz CT molecular complexity index is 409. The number of benzene rings is 1. The van der Waals surface area contributed by atoms with Crippen LogP contribution < -0.4 is 5.32 Å². The quantitative estimate of drug-likeness (QED) is 0.722. The Hall–Kier alpha value is -0.640. The molecular weight excluding hydrogens is 275 g/mol. The van der Waals surface area contributed by atoms with Crippen LogP contribution in [0.25, 0.3) is 0 Å². The third-order valence-corrected chi connectivity index (χ3v) is 4.02. The molecule has 1 aromatic carbocycles. The minimum absolute atomic E-state index is 0.143. The summed E-state index contributed by atoms with van der Waals surface area (Å²) in [6, 6.07) is 5.73. The molecule has 0 saturated carbocycles. The summed E-state index contributed by atoms with van der Waals surface area (Å²) in [5, 5.41) is 3.60. The number of nitrogens with zero attached hydrogens (tertiary/aromatic N) is 1. The Labute approximate surface area is 127 Å². The number of nitrogens with one attached hydrogen (secondary N) is 1. The zero-order chi connectivity index (χ0) is 15.1. The highest BCUT2D eigenvalue weighted by atomic mass is 35.5. The molecule has 0 spiro atoms. The van der Waals surface area contributed by atoms with Crippen molar-refractivity contribution >= 4 is 11.6 Å². The van der Waals surface area contributed by atoms with E-state index < -0.39 is 0 Å². The molecule has 20 heavy (non-hydrogen) atoms. The van der Waals surface area contributed by atoms with Crippen molar-refractivity contribution in [3.63, 3.8) is 0 Å². The van der Waals surface area contributed by atoms with Gasteiger partial charge in [-0.25, -0.2) is 4.39 Å². The maximum absolute atomic E-state index is 13.4. The molecule has 0 fully saturated rings. The highest BCUT2D eigenvalue weighted by Gasteiger charge is 2.08. The summed E-state index contributed by atoms with van der Waals surface area (Å²) in [7, 11) is 2.15. The third-order valence-electron chi connectivity index (χ3n) is 3.71. The fourth-order valence-electron chi connectivity index (χ4n) is 1.96. The van der Waals surface area contributed by atoms with E-state index in [2.05, 4.69) is 31.1 Å². The van der Waals surface area contributed by atoms with Crippen LogP contribution in [0.15, 0.2) is 18.2 Å². The van der Waals surface area contributed by atoms with Crippen LogP contribution in [-0.4, -0.2) is 31.1 Å². The summed E-state index contributed by atoms with van der Waals surface area (Å²) in [4.78, 5) is 2.35. The molecule has 4 heteroatoms. The summed E-state index contributed by atoms with van der Waals surface area (Å²) in [5.74, 6) is -0.351. The van der Waals surface area contributed by atoms with Gasteiger partial charge in [0, 0.05) is 12.1 Å². The molecule has 0 aromatic heterocycles. The van der Waals surface area contributed by atoms with Crippen molar-refractivity contribution in [3.8, 4) is 0 Å². The van der Waals surface area contributed by atoms with Gasteiger partial charge in [-0.15, -0.1) is 0 Å². The molecule has 0 radical (unpaired) electrons. The van der Waals surface area contributed by atoms with Crippen LogP contribution in [0.5, 0.6) is 0 Å². The molecule has 1 N–H and O–H groups in total. The van der Waals surface area contributed by atoms with Crippen LogP contribution >= 0.6 is 11.6 Å². The minimum atomic E-state index is -0.351. The Morgan fingerprint density at radius 3 is 2.55 bits per heavy atom. The molecule has 1 atom stereocenters. The summed E-state index contributed by atoms with van der Waals surface area (Å²) in [6.07, 6.45) is 2.29. The number of rotatable bonds is 8. The number of hydrogen-bond donors (Lipinski definition) is 1. The van der Waals surface area contributed by atoms with E-state index in [4.69, 9.17) is 11.6 Å². The molecule has 0 saturated heterocycles. The van der Waals surface area contributed by atoms with E-state index in [0.29, 0.717) is 6.04 Å². The summed E-state index contributed by atoms with van der Waals surface area (Å²) < 4.78 is 13.4. The van der Waals surface area contributed by atoms with Crippen molar-refractivity contribution in [2.45, 2.75) is 45.7 Å². The van der Waals surface area contributed by atoms with E-state index in [9.17, 15) is 4.39 Å². The van der Waals surface area contributed by atoms with E-state index in [-0.39, 0.29) is 16.9 Å². The van der Waals surface area contributed by atoms with Crippen LogP contribution in [-0.2, 0) is 0 Å². The van der Waals surface area contributed by atoms with Gasteiger partial charge in [-0.05, 0) is 71.4 Å². The molecule has 1 unspecified atom stereocenters. The second-order valence-corrected chi connectivity index (χ2v) is 6.04. The summed E-state index contributed by atoms with van der Waals surface area (Å²) in [5.41, 5.74) is 0.936. The summed E-state index contributed by atoms with van der Waals surface area (Å²) in [6.45, 7) is 8.51. The standard InChI is InChI=1S/C16H26ClFN2/c1-12(2)20(4)10-6-5-9-19-13(3)14-7-8-15(17)16(18)11-14/h7-8,11-13,19H,5-6,9-10H2,1-4H3. The number of hydrogen-bond acceptors (Lipinski definition) is 2. The van der Waals surface area contributed by atoms with E-state index in [1.165, 1.54) is 12.5 Å². The minimum Gasteiger partial charge on any atom is -0.310 e. The first-order valence-electron chi connectivity index (χ1n) is 7.30. The van der Waals surface area contributed by atoms with Gasteiger partial charge in [0.1, 0.15) is 5.82 Å². The lowest BCUT2D eigenvalue weighted by Crippen LogP contribution is -2.28. The van der Waals surface area contributed by atoms with Crippen LogP contribution in [0.1, 0.15) is 45.2 Å². The SMILES string of the molecule is CC(NCCCCN(C)C(C)C)c1ccc(Cl)c(F)c1. The third kappa shape index (κ3) is 5.78. The first kappa shape index (κ1) is 17.4. The monoisotopic (exact) mass is 300 g/mol. The van der Waals surface area contributed by atoms with Gasteiger partial charge in [0.15, 0.2) is 0 Å². The molecule has 2 nitrogen and oxygen atoms in total. The summed E-state index contributed by atoms with van der Waals surface area (Å²) >= 11 is 5.69. The Morgan fingerprint density at radius 2 is 1.95 bits per heavy atom. The lowest BCUT2D eigenvalue weighted by molar-refractivity contribution is 0.267. The Morgan fingerprint density at radius 1 is 1.25 bits per heavy atom. The van der Waals surface area contributed by atoms with Crippen molar-refractivity contribution in [1.29, 1.82) is 0 Å². The van der Waals surface area contributed by atoms with E-state index >= 15 is 0 Å². The van der Waals surface area contributed by atoms with Gasteiger partial charge in [0.05, 0.1) is 5.02 Å². The van der Waals surface area contributed by atoms with Gasteiger partial charge in [0.2, 0.25) is 0 Å². The molecule has 0 aliphatic rings. The van der Waals surface area contributed by atoms with Crippen molar-refractivity contribution < 1.29 is 4.39 Å². The van der Waals surface area contributed by atoms with Crippen molar-refractivity contribution in [2.75, 3.05) is 20.1 Å². The molecule has 1 aromatic rings. The van der Waals surface area contributed by atoms with E-state index in [1.807, 2.05) is 13.0 Å². The van der Waals surface area contributed by atoms with Crippen molar-refractivity contribution in [2.24, 2.45) is 0 Å². The second kappa shape index (κ2) is 8.60. The van der Waals surface area contributed by atoms with Crippen LogP contribution in [0.2, 0.25) is 5.02 Å². The number of unbranched alkanes of at least 4 members (excludes halogenated alkanes) is 1. The fraction of sp³-hybridized carbons (Fsp3) is 0.625. The molecule has 0 bridgehead atoms. The van der Waals surface area contributed by atoms with Gasteiger partial charge < -0.3 is 10.2 Å². The number of halogens is 2. The normalized spacial score (nSPS) is 13.2. The van der Waals surface area contributed by atoms with Crippen molar-refractivity contribution in [1.82, 2.24) is 10.2 Å². The predicted molar refractivity (Wildman–Crippen MR) is 84.8 cm³/mol. The lowest BCUT2D eigenvalue weighted by atomic mass is 10.1. The zero-order valence-corrected chi connectivity index (χ0v) is 13.7. The van der Waals surface area contributed by atoms with Crippen LogP contribution in [0.3, 0.4) is 0 Å². The van der Waals surface area contributed by atoms with E-state index in [1.54, 1.807) is 6.07 Å². The van der Waals surface area contributed by atoms with Crippen LogP contribution in [0, 0.1) is 5.82 Å². The predicted octanol–water partition coefficient (Wildman–Crippen LogP) is 4.25. The zero-order valence-electron chi connectivity index (χ0n) is 12.9. The van der Waals surface area contributed by atoms with Gasteiger partial charge in [-0.2, -0.15) is 0 Å². The molecule has 114 valence electrons. The fourth-order valence-corrected chi connectivity index (χ4v) is 2.08. The maximum Gasteiger partial charge on any atom is 0.142 e. The molecular formula is C16H26ClFN2. The van der Waals surface area contributed by atoms with Gasteiger partial charge in [0.25, 0.3) is 0 Å². The average Bonchev–Trinajstić information content (AvgIpc) is 2.40. The van der Waals surface area contributed by atoms with Gasteiger partial charge in [-0.3, -0.25) is 0 Å². The smallest absolute Gasteiger partial charge is 0.142 e. The average molecular weight is 301 g/mol. The highest BCUT2D eigenvalue weighted by molar-refractivity contribution is 6.30. The molecule has 0 amide bonds. The van der Waals surface area contributed by atoms with E-state index in [0.717, 1.165) is 25.1 Å². The molecule has 0 aliphatic carbocycles. The van der Waals surface area contributed by atoms with Gasteiger partial charge in [-0.1, -0.05) is 17.7 Å². The maximum atomic E-state index is 13.4. The first-order chi connectivity index (χ1) is 9.41. The first-order valence-corrected chi connectivity index (χ1v) is 7.68. The molecule has 0 aliphatic heterocycles. The highest BCUT2D eigenvalue weighted by Crippen LogP contribution is 2.20. The van der Waals surface area contributed by atoms with Crippen molar-refractivity contribution in [3.05, 3.63) is 34.6 Å². The Balaban J connectivity index is 2.26. The molecule has 1 rings (SSSR count). The topological polar surface area (TPSA) is 15.3 Å². The Kier molecular flexibility index (Phi) is 7.49. The second-order valence-electron chi connectivity index (χ2n) is 5.63.